The molecule has 2 aliphatic rings. The number of hydrogen-bond acceptors (Lipinski definition) is 7. The third kappa shape index (κ3) is 4.40. The Balaban J connectivity index is 1.28. The molecule has 2 aliphatic heterocycles. The Bertz CT molecular complexity index is 1230. The lowest BCUT2D eigenvalue weighted by atomic mass is 10.1. The van der Waals surface area contributed by atoms with Crippen LogP contribution >= 0.6 is 0 Å². The summed E-state index contributed by atoms with van der Waals surface area (Å²) in [5.41, 5.74) is 1.53. The lowest BCUT2D eigenvalue weighted by Gasteiger charge is -2.29. The molecule has 0 spiro atoms. The summed E-state index contributed by atoms with van der Waals surface area (Å²) >= 11 is 0. The molecule has 0 saturated heterocycles. The van der Waals surface area contributed by atoms with Crippen molar-refractivity contribution >= 4 is 23.2 Å². The van der Waals surface area contributed by atoms with E-state index in [1.807, 2.05) is 0 Å². The van der Waals surface area contributed by atoms with E-state index in [9.17, 15) is 9.59 Å². The van der Waals surface area contributed by atoms with Crippen LogP contribution in [0, 0.1) is 0 Å². The molecule has 0 bridgehead atoms. The highest BCUT2D eigenvalue weighted by atomic mass is 16.7. The molecule has 174 valence electrons. The fourth-order valence-electron chi connectivity index (χ4n) is 3.69. The zero-order valence-electron chi connectivity index (χ0n) is 18.4. The fraction of sp³-hybridized carbons (Fsp3) is 0.200. The van der Waals surface area contributed by atoms with Gasteiger partial charge in [-0.1, -0.05) is 0 Å². The Kier molecular flexibility index (Phi) is 5.82. The third-order valence-electron chi connectivity index (χ3n) is 5.44. The summed E-state index contributed by atoms with van der Waals surface area (Å²) in [6.45, 7) is 0.682. The number of nitrogens with zero attached hydrogens (tertiary/aromatic N) is 1. The molecule has 34 heavy (non-hydrogen) atoms. The molecule has 0 atom stereocenters. The van der Waals surface area contributed by atoms with Gasteiger partial charge in [-0.25, -0.2) is 0 Å². The fourth-order valence-corrected chi connectivity index (χ4v) is 3.69. The summed E-state index contributed by atoms with van der Waals surface area (Å²) < 4.78 is 27.1. The van der Waals surface area contributed by atoms with Crippen molar-refractivity contribution in [1.82, 2.24) is 0 Å². The van der Waals surface area contributed by atoms with E-state index in [1.165, 1.54) is 0 Å². The largest absolute Gasteiger partial charge is 0.497 e. The first-order valence-electron chi connectivity index (χ1n) is 10.7. The summed E-state index contributed by atoms with van der Waals surface area (Å²) in [7, 11) is 1.60. The van der Waals surface area contributed by atoms with Gasteiger partial charge in [0.15, 0.2) is 18.1 Å². The highest BCUT2D eigenvalue weighted by Crippen LogP contribution is 2.35. The van der Waals surface area contributed by atoms with Gasteiger partial charge in [0.25, 0.3) is 11.8 Å². The minimum absolute atomic E-state index is 0.0571. The van der Waals surface area contributed by atoms with E-state index in [1.54, 1.807) is 72.7 Å². The molecule has 3 aromatic carbocycles. The van der Waals surface area contributed by atoms with Crippen LogP contribution in [0.25, 0.3) is 0 Å². The predicted octanol–water partition coefficient (Wildman–Crippen LogP) is 3.48. The number of hydrogen-bond donors (Lipinski definition) is 1. The van der Waals surface area contributed by atoms with Crippen LogP contribution in [0.4, 0.5) is 11.4 Å². The van der Waals surface area contributed by atoms with Gasteiger partial charge in [0.1, 0.15) is 23.9 Å². The maximum absolute atomic E-state index is 12.8. The van der Waals surface area contributed by atoms with Crippen LogP contribution in [-0.2, 0) is 4.79 Å². The molecule has 0 aromatic heterocycles. The molecule has 2 amide bonds. The first-order chi connectivity index (χ1) is 16.6. The van der Waals surface area contributed by atoms with Gasteiger partial charge in [0, 0.05) is 11.3 Å². The molecule has 0 fully saturated rings. The molecule has 1 N–H and O–H groups in total. The number of fused-ring (bicyclic) bond motifs is 2. The van der Waals surface area contributed by atoms with E-state index >= 15 is 0 Å². The summed E-state index contributed by atoms with van der Waals surface area (Å²) in [5.74, 6) is 2.60. The Morgan fingerprint density at radius 3 is 2.53 bits per heavy atom. The Morgan fingerprint density at radius 2 is 1.71 bits per heavy atom. The van der Waals surface area contributed by atoms with Gasteiger partial charge in [-0.2, -0.15) is 0 Å². The molecule has 0 unspecified atom stereocenters. The number of ether oxygens (including phenoxy) is 5. The van der Waals surface area contributed by atoms with Crippen molar-refractivity contribution in [2.45, 2.75) is 0 Å². The van der Waals surface area contributed by atoms with Crippen molar-refractivity contribution in [3.63, 3.8) is 0 Å². The Morgan fingerprint density at radius 1 is 0.941 bits per heavy atom. The average Bonchev–Trinajstić information content (AvgIpc) is 3.34. The number of nitrogens with one attached hydrogen (secondary N) is 1. The average molecular weight is 462 g/mol. The molecular formula is C25H22N2O7. The van der Waals surface area contributed by atoms with E-state index in [0.29, 0.717) is 46.5 Å². The third-order valence-corrected chi connectivity index (χ3v) is 5.44. The quantitative estimate of drug-likeness (QED) is 0.574. The number of carbonyl (C=O) groups excluding carboxylic acids is 2. The molecule has 0 aliphatic carbocycles. The van der Waals surface area contributed by atoms with Crippen LogP contribution in [0.3, 0.4) is 0 Å². The van der Waals surface area contributed by atoms with E-state index in [0.717, 1.165) is 5.75 Å². The molecule has 5 rings (SSSR count). The molecule has 9 heteroatoms. The Labute approximate surface area is 195 Å². The number of amides is 2. The maximum Gasteiger partial charge on any atom is 0.265 e. The van der Waals surface area contributed by atoms with Crippen molar-refractivity contribution in [2.75, 3.05) is 43.9 Å². The number of benzene rings is 3. The molecule has 2 heterocycles. The van der Waals surface area contributed by atoms with Crippen LogP contribution in [0.5, 0.6) is 28.7 Å². The Hall–Kier alpha value is -4.40. The highest BCUT2D eigenvalue weighted by molar-refractivity contribution is 6.05. The minimum atomic E-state index is -0.310. The predicted molar refractivity (Wildman–Crippen MR) is 123 cm³/mol. The number of anilines is 2. The van der Waals surface area contributed by atoms with Crippen LogP contribution in [-0.4, -0.2) is 45.5 Å². The summed E-state index contributed by atoms with van der Waals surface area (Å²) in [6, 6.07) is 17.4. The number of methoxy groups -OCH3 is 1. The molecule has 3 aromatic rings. The smallest absolute Gasteiger partial charge is 0.265 e. The summed E-state index contributed by atoms with van der Waals surface area (Å²) in [6.07, 6.45) is 0. The zero-order valence-corrected chi connectivity index (χ0v) is 18.4. The minimum Gasteiger partial charge on any atom is -0.497 e. The second-order valence-corrected chi connectivity index (χ2v) is 7.56. The van der Waals surface area contributed by atoms with E-state index in [2.05, 4.69) is 5.32 Å². The second kappa shape index (κ2) is 9.22. The van der Waals surface area contributed by atoms with Crippen molar-refractivity contribution in [1.29, 1.82) is 0 Å². The first-order valence-corrected chi connectivity index (χ1v) is 10.7. The van der Waals surface area contributed by atoms with Crippen molar-refractivity contribution < 1.29 is 33.3 Å². The maximum atomic E-state index is 12.8. The van der Waals surface area contributed by atoms with Crippen molar-refractivity contribution in [2.24, 2.45) is 0 Å². The summed E-state index contributed by atoms with van der Waals surface area (Å²) in [4.78, 5) is 26.9. The monoisotopic (exact) mass is 462 g/mol. The molecular weight excluding hydrogens is 440 g/mol. The van der Waals surface area contributed by atoms with Crippen LogP contribution < -0.4 is 33.9 Å². The van der Waals surface area contributed by atoms with Gasteiger partial charge in [-0.3, -0.25) is 9.59 Å². The summed E-state index contributed by atoms with van der Waals surface area (Å²) in [5, 5.41) is 2.86. The zero-order chi connectivity index (χ0) is 23.5. The van der Waals surface area contributed by atoms with Gasteiger partial charge < -0.3 is 33.9 Å². The van der Waals surface area contributed by atoms with Crippen molar-refractivity contribution in [3.8, 4) is 28.7 Å². The van der Waals surface area contributed by atoms with Gasteiger partial charge in [-0.05, 0) is 60.7 Å². The van der Waals surface area contributed by atoms with Crippen LogP contribution in [0.15, 0.2) is 60.7 Å². The van der Waals surface area contributed by atoms with Crippen LogP contribution in [0.2, 0.25) is 0 Å². The molecule has 0 saturated carbocycles. The normalized spacial score (nSPS) is 13.7. The number of carbonyl (C=O) groups is 2. The van der Waals surface area contributed by atoms with Gasteiger partial charge in [0.2, 0.25) is 6.79 Å². The van der Waals surface area contributed by atoms with E-state index in [-0.39, 0.29) is 31.8 Å². The lowest BCUT2D eigenvalue weighted by Crippen LogP contribution is -2.41. The first kappa shape index (κ1) is 21.4. The second-order valence-electron chi connectivity index (χ2n) is 7.56. The topological polar surface area (TPSA) is 95.6 Å². The van der Waals surface area contributed by atoms with Crippen molar-refractivity contribution in [3.05, 3.63) is 66.2 Å². The lowest BCUT2D eigenvalue weighted by molar-refractivity contribution is -0.121. The standard InChI is InChI=1S/C25H22N2O7/c1-30-18-4-6-19(7-5-18)31-11-10-27-20-13-17(3-9-21(20)32-14-24(27)28)26-25(29)16-2-8-22-23(12-16)34-15-33-22/h2-9,12-13H,10-11,14-15H2,1H3,(H,26,29). The van der Waals surface area contributed by atoms with Crippen LogP contribution in [0.1, 0.15) is 10.4 Å². The van der Waals surface area contributed by atoms with Gasteiger partial charge in [-0.15, -0.1) is 0 Å². The van der Waals surface area contributed by atoms with E-state index < -0.39 is 0 Å². The number of rotatable bonds is 7. The van der Waals surface area contributed by atoms with E-state index in [4.69, 9.17) is 23.7 Å². The molecule has 0 radical (unpaired) electrons. The SMILES string of the molecule is COc1ccc(OCCN2C(=O)COc3ccc(NC(=O)c4ccc5c(c4)OCO5)cc32)cc1. The molecule has 9 nitrogen and oxygen atoms in total. The van der Waals surface area contributed by atoms with Gasteiger partial charge >= 0.3 is 0 Å². The highest BCUT2D eigenvalue weighted by Gasteiger charge is 2.26. The van der Waals surface area contributed by atoms with Gasteiger partial charge in [0.05, 0.1) is 19.3 Å².